The molecular weight excluding hydrogens is 313 g/mol. The quantitative estimate of drug-likeness (QED) is 0.833. The molecule has 21 heavy (non-hydrogen) atoms. The van der Waals surface area contributed by atoms with E-state index in [4.69, 9.17) is 28.3 Å². The van der Waals surface area contributed by atoms with Gasteiger partial charge in [0, 0.05) is 22.2 Å². The molecule has 4 nitrogen and oxygen atoms in total. The fraction of sp³-hybridized carbons (Fsp3) is 0.333. The number of carboxylic acid groups (broad SMARTS) is 1. The maximum Gasteiger partial charge on any atom is 0.306 e. The lowest BCUT2D eigenvalue weighted by atomic mass is 10.1. The number of carbonyl (C=O) groups excluding carboxylic acids is 1. The van der Waals surface area contributed by atoms with Crippen LogP contribution < -0.4 is 5.32 Å². The van der Waals surface area contributed by atoms with E-state index in [2.05, 4.69) is 5.32 Å². The third-order valence-electron chi connectivity index (χ3n) is 3.50. The monoisotopic (exact) mass is 327 g/mol. The first kappa shape index (κ1) is 15.9. The molecular formula is C15H15Cl2NO3. The highest BCUT2D eigenvalue weighted by atomic mass is 35.5. The summed E-state index contributed by atoms with van der Waals surface area (Å²) >= 11 is 11.9. The van der Waals surface area contributed by atoms with E-state index in [0.29, 0.717) is 34.9 Å². The van der Waals surface area contributed by atoms with Crippen molar-refractivity contribution in [2.24, 2.45) is 5.92 Å². The van der Waals surface area contributed by atoms with Gasteiger partial charge in [0.05, 0.1) is 5.92 Å². The zero-order valence-corrected chi connectivity index (χ0v) is 12.7. The van der Waals surface area contributed by atoms with Gasteiger partial charge in [-0.05, 0) is 49.1 Å². The summed E-state index contributed by atoms with van der Waals surface area (Å²) in [5.74, 6) is -1.42. The normalized spacial score (nSPS) is 21.6. The van der Waals surface area contributed by atoms with Gasteiger partial charge in [-0.3, -0.25) is 9.59 Å². The molecule has 0 saturated heterocycles. The number of rotatable bonds is 4. The van der Waals surface area contributed by atoms with E-state index in [0.717, 1.165) is 0 Å². The highest BCUT2D eigenvalue weighted by Gasteiger charge is 2.30. The van der Waals surface area contributed by atoms with Crippen molar-refractivity contribution in [1.82, 2.24) is 5.32 Å². The summed E-state index contributed by atoms with van der Waals surface area (Å²) in [6.45, 7) is 0. The van der Waals surface area contributed by atoms with Crippen LogP contribution in [0.5, 0.6) is 0 Å². The number of carboxylic acids is 1. The van der Waals surface area contributed by atoms with Gasteiger partial charge in [-0.15, -0.1) is 0 Å². The van der Waals surface area contributed by atoms with Crippen LogP contribution in [0.15, 0.2) is 24.3 Å². The van der Waals surface area contributed by atoms with Crippen LogP contribution in [0.4, 0.5) is 0 Å². The summed E-state index contributed by atoms with van der Waals surface area (Å²) in [5.41, 5.74) is 0.661. The van der Waals surface area contributed by atoms with E-state index >= 15 is 0 Å². The molecule has 1 aromatic rings. The first-order valence-corrected chi connectivity index (χ1v) is 7.37. The van der Waals surface area contributed by atoms with Gasteiger partial charge in [0.15, 0.2) is 0 Å². The van der Waals surface area contributed by atoms with E-state index in [1.54, 1.807) is 24.3 Å². The van der Waals surface area contributed by atoms with Crippen molar-refractivity contribution in [1.29, 1.82) is 0 Å². The molecule has 0 radical (unpaired) electrons. The summed E-state index contributed by atoms with van der Waals surface area (Å²) < 4.78 is 0. The van der Waals surface area contributed by atoms with Gasteiger partial charge in [0.2, 0.25) is 5.91 Å². The molecule has 0 aromatic heterocycles. The number of hydrogen-bond acceptors (Lipinski definition) is 2. The molecule has 1 aliphatic rings. The fourth-order valence-corrected chi connectivity index (χ4v) is 2.76. The minimum absolute atomic E-state index is 0.0851. The van der Waals surface area contributed by atoms with Gasteiger partial charge in [0.25, 0.3) is 0 Å². The van der Waals surface area contributed by atoms with Crippen molar-refractivity contribution >= 4 is 41.2 Å². The Balaban J connectivity index is 1.91. The highest BCUT2D eigenvalue weighted by Crippen LogP contribution is 2.26. The average molecular weight is 328 g/mol. The molecule has 1 fully saturated rings. The van der Waals surface area contributed by atoms with Crippen molar-refractivity contribution in [3.8, 4) is 0 Å². The van der Waals surface area contributed by atoms with Crippen LogP contribution in [0.3, 0.4) is 0 Å². The number of nitrogens with one attached hydrogen (secondary N) is 1. The van der Waals surface area contributed by atoms with E-state index in [1.807, 2.05) is 0 Å². The number of halogens is 2. The predicted molar refractivity (Wildman–Crippen MR) is 82.4 cm³/mol. The van der Waals surface area contributed by atoms with Crippen LogP contribution in [-0.4, -0.2) is 23.0 Å². The van der Waals surface area contributed by atoms with Gasteiger partial charge in [-0.2, -0.15) is 0 Å². The smallest absolute Gasteiger partial charge is 0.306 e. The maximum absolute atomic E-state index is 11.8. The van der Waals surface area contributed by atoms with Crippen molar-refractivity contribution < 1.29 is 14.7 Å². The predicted octanol–water partition coefficient (Wildman–Crippen LogP) is 3.38. The van der Waals surface area contributed by atoms with Crippen LogP contribution in [0.2, 0.25) is 10.0 Å². The molecule has 2 N–H and O–H groups in total. The average Bonchev–Trinajstić information content (AvgIpc) is 2.88. The number of amides is 1. The van der Waals surface area contributed by atoms with Gasteiger partial charge >= 0.3 is 5.97 Å². The second-order valence-electron chi connectivity index (χ2n) is 5.05. The molecule has 1 aliphatic carbocycles. The fourth-order valence-electron chi connectivity index (χ4n) is 2.39. The Morgan fingerprint density at radius 3 is 2.71 bits per heavy atom. The van der Waals surface area contributed by atoms with Crippen LogP contribution in [0, 0.1) is 5.92 Å². The summed E-state index contributed by atoms with van der Waals surface area (Å²) in [6.07, 6.45) is 4.74. The first-order valence-electron chi connectivity index (χ1n) is 6.62. The van der Waals surface area contributed by atoms with E-state index in [-0.39, 0.29) is 17.9 Å². The Morgan fingerprint density at radius 2 is 2.05 bits per heavy atom. The lowest BCUT2D eigenvalue weighted by Crippen LogP contribution is -2.31. The van der Waals surface area contributed by atoms with Crippen molar-refractivity contribution in [2.75, 3.05) is 0 Å². The van der Waals surface area contributed by atoms with E-state index < -0.39 is 5.97 Å². The zero-order valence-electron chi connectivity index (χ0n) is 11.2. The Hall–Kier alpha value is -1.52. The van der Waals surface area contributed by atoms with Gasteiger partial charge in [-0.1, -0.05) is 23.2 Å². The Kier molecular flexibility index (Phi) is 5.26. The molecule has 2 unspecified atom stereocenters. The largest absolute Gasteiger partial charge is 0.481 e. The summed E-state index contributed by atoms with van der Waals surface area (Å²) in [5, 5.41) is 12.8. The first-order chi connectivity index (χ1) is 9.95. The number of aliphatic carboxylic acids is 1. The lowest BCUT2D eigenvalue weighted by Gasteiger charge is -2.10. The van der Waals surface area contributed by atoms with Crippen LogP contribution >= 0.6 is 23.2 Å². The van der Waals surface area contributed by atoms with Crippen molar-refractivity contribution in [3.05, 3.63) is 39.9 Å². The molecule has 0 heterocycles. The topological polar surface area (TPSA) is 66.4 Å². The van der Waals surface area contributed by atoms with Crippen LogP contribution in [-0.2, 0) is 9.59 Å². The summed E-state index contributed by atoms with van der Waals surface area (Å²) in [4.78, 5) is 22.7. The second kappa shape index (κ2) is 6.96. The third-order valence-corrected chi connectivity index (χ3v) is 4.08. The van der Waals surface area contributed by atoms with Crippen LogP contribution in [0.25, 0.3) is 6.08 Å². The third kappa shape index (κ3) is 4.48. The summed E-state index contributed by atoms with van der Waals surface area (Å²) in [7, 11) is 0. The van der Waals surface area contributed by atoms with Gasteiger partial charge < -0.3 is 10.4 Å². The standard InChI is InChI=1S/C15H15Cl2NO3/c16-11-3-5-13(17)9(7-11)2-6-14(19)18-12-4-1-10(8-12)15(20)21/h2-3,5-7,10,12H,1,4,8H2,(H,18,19)(H,20,21). The van der Waals surface area contributed by atoms with E-state index in [9.17, 15) is 9.59 Å². The Labute approximate surface area is 132 Å². The van der Waals surface area contributed by atoms with Crippen LogP contribution in [0.1, 0.15) is 24.8 Å². The summed E-state index contributed by atoms with van der Waals surface area (Å²) in [6, 6.07) is 4.92. The maximum atomic E-state index is 11.8. The molecule has 0 spiro atoms. The molecule has 6 heteroatoms. The SMILES string of the molecule is O=C(C=Cc1cc(Cl)ccc1Cl)NC1CCC(C(=O)O)C1. The minimum Gasteiger partial charge on any atom is -0.481 e. The zero-order chi connectivity index (χ0) is 15.4. The van der Waals surface area contributed by atoms with Gasteiger partial charge in [-0.25, -0.2) is 0 Å². The Bertz CT molecular complexity index is 586. The van der Waals surface area contributed by atoms with Gasteiger partial charge in [0.1, 0.15) is 0 Å². The molecule has 2 rings (SSSR count). The molecule has 112 valence electrons. The second-order valence-corrected chi connectivity index (χ2v) is 5.90. The van der Waals surface area contributed by atoms with E-state index in [1.165, 1.54) is 6.08 Å². The molecule has 1 aromatic carbocycles. The molecule has 1 amide bonds. The number of benzene rings is 1. The molecule has 0 aliphatic heterocycles. The van der Waals surface area contributed by atoms with Crippen molar-refractivity contribution in [2.45, 2.75) is 25.3 Å². The highest BCUT2D eigenvalue weighted by molar-refractivity contribution is 6.34. The lowest BCUT2D eigenvalue weighted by molar-refractivity contribution is -0.141. The molecule has 2 atom stereocenters. The number of carbonyl (C=O) groups is 2. The van der Waals surface area contributed by atoms with Crippen molar-refractivity contribution in [3.63, 3.8) is 0 Å². The molecule has 0 bridgehead atoms. The molecule has 1 saturated carbocycles. The Morgan fingerprint density at radius 1 is 1.29 bits per heavy atom. The number of hydrogen-bond donors (Lipinski definition) is 2. The minimum atomic E-state index is -0.798.